The number of rotatable bonds is 2. The Morgan fingerprint density at radius 2 is 1.80 bits per heavy atom. The fourth-order valence-electron chi connectivity index (χ4n) is 2.94. The van der Waals surface area contributed by atoms with Gasteiger partial charge in [-0.05, 0) is 54.0 Å². The van der Waals surface area contributed by atoms with Gasteiger partial charge in [0.1, 0.15) is 0 Å². The number of hydrogen-bond acceptors (Lipinski definition) is 2. The van der Waals surface area contributed by atoms with Gasteiger partial charge < -0.3 is 0 Å². The first-order chi connectivity index (χ1) is 9.55. The molecule has 0 saturated heterocycles. The highest BCUT2D eigenvalue weighted by molar-refractivity contribution is 7.90. The molecule has 0 spiro atoms. The van der Waals surface area contributed by atoms with Gasteiger partial charge in [0, 0.05) is 6.26 Å². The monoisotopic (exact) mass is 286 g/mol. The van der Waals surface area contributed by atoms with Crippen LogP contribution in [0.25, 0.3) is 5.57 Å². The molecule has 0 N–H and O–H groups in total. The highest BCUT2D eigenvalue weighted by Crippen LogP contribution is 2.37. The Morgan fingerprint density at radius 3 is 2.50 bits per heavy atom. The van der Waals surface area contributed by atoms with E-state index in [1.54, 1.807) is 12.1 Å². The topological polar surface area (TPSA) is 34.1 Å². The van der Waals surface area contributed by atoms with E-state index < -0.39 is 9.84 Å². The first-order valence-corrected chi connectivity index (χ1v) is 8.82. The van der Waals surface area contributed by atoms with Crippen LogP contribution in [0, 0.1) is 5.92 Å². The molecule has 1 aromatic rings. The van der Waals surface area contributed by atoms with Crippen molar-refractivity contribution < 1.29 is 8.42 Å². The van der Waals surface area contributed by atoms with Gasteiger partial charge >= 0.3 is 0 Å². The van der Waals surface area contributed by atoms with Crippen molar-refractivity contribution in [1.29, 1.82) is 0 Å². The predicted molar refractivity (Wildman–Crippen MR) is 82.1 cm³/mol. The molecule has 2 aliphatic carbocycles. The molecule has 0 aromatic heterocycles. The van der Waals surface area contributed by atoms with Gasteiger partial charge in [0.2, 0.25) is 0 Å². The summed E-state index contributed by atoms with van der Waals surface area (Å²) in [4.78, 5) is 0.377. The van der Waals surface area contributed by atoms with E-state index in [0.717, 1.165) is 18.4 Å². The molecule has 104 valence electrons. The lowest BCUT2D eigenvalue weighted by atomic mass is 9.79. The minimum Gasteiger partial charge on any atom is -0.224 e. The SMILES string of the molecule is CS(=O)(=O)c1ccc(C2=C3C=CCCC3CC=C2)cc1. The van der Waals surface area contributed by atoms with Crippen LogP contribution in [-0.4, -0.2) is 14.7 Å². The molecule has 2 aliphatic rings. The van der Waals surface area contributed by atoms with Gasteiger partial charge in [-0.2, -0.15) is 0 Å². The van der Waals surface area contributed by atoms with Gasteiger partial charge in [0.05, 0.1) is 4.90 Å². The van der Waals surface area contributed by atoms with Crippen molar-refractivity contribution in [3.05, 3.63) is 59.7 Å². The molecule has 1 aromatic carbocycles. The first kappa shape index (κ1) is 13.4. The molecule has 20 heavy (non-hydrogen) atoms. The van der Waals surface area contributed by atoms with Crippen LogP contribution in [0.15, 0.2) is 59.0 Å². The van der Waals surface area contributed by atoms with Crippen molar-refractivity contribution >= 4 is 15.4 Å². The van der Waals surface area contributed by atoms with E-state index in [1.165, 1.54) is 23.8 Å². The van der Waals surface area contributed by atoms with Crippen molar-refractivity contribution in [2.24, 2.45) is 5.92 Å². The quantitative estimate of drug-likeness (QED) is 0.829. The van der Waals surface area contributed by atoms with E-state index in [0.29, 0.717) is 10.8 Å². The highest BCUT2D eigenvalue weighted by Gasteiger charge is 2.20. The average molecular weight is 286 g/mol. The highest BCUT2D eigenvalue weighted by atomic mass is 32.2. The van der Waals surface area contributed by atoms with Crippen molar-refractivity contribution in [2.75, 3.05) is 6.26 Å². The lowest BCUT2D eigenvalue weighted by molar-refractivity contribution is 0.568. The number of benzene rings is 1. The molecule has 3 rings (SSSR count). The molecule has 0 amide bonds. The molecular formula is C17H18O2S. The minimum atomic E-state index is -3.12. The molecule has 0 radical (unpaired) electrons. The van der Waals surface area contributed by atoms with Gasteiger partial charge in [0.15, 0.2) is 9.84 Å². The number of fused-ring (bicyclic) bond motifs is 1. The lowest BCUT2D eigenvalue weighted by Gasteiger charge is -2.26. The molecule has 0 bridgehead atoms. The lowest BCUT2D eigenvalue weighted by Crippen LogP contribution is -2.10. The Balaban J connectivity index is 2.04. The fourth-order valence-corrected chi connectivity index (χ4v) is 3.58. The van der Waals surface area contributed by atoms with Crippen LogP contribution in [-0.2, 0) is 9.84 Å². The molecule has 0 aliphatic heterocycles. The third-order valence-corrected chi connectivity index (χ3v) is 5.16. The van der Waals surface area contributed by atoms with Gasteiger partial charge in [-0.15, -0.1) is 0 Å². The summed E-state index contributed by atoms with van der Waals surface area (Å²) >= 11 is 0. The van der Waals surface area contributed by atoms with Gasteiger partial charge in [-0.3, -0.25) is 0 Å². The number of hydrogen-bond donors (Lipinski definition) is 0. The molecule has 1 unspecified atom stereocenters. The second-order valence-corrected chi connectivity index (χ2v) is 7.50. The van der Waals surface area contributed by atoms with Crippen molar-refractivity contribution in [1.82, 2.24) is 0 Å². The molecule has 0 saturated carbocycles. The smallest absolute Gasteiger partial charge is 0.175 e. The molecule has 0 heterocycles. The summed E-state index contributed by atoms with van der Waals surface area (Å²) in [5, 5.41) is 0. The number of sulfone groups is 1. The van der Waals surface area contributed by atoms with E-state index in [-0.39, 0.29) is 0 Å². The standard InChI is InChI=1S/C17H18O2S/c1-20(18,19)15-11-9-14(10-12-15)17-8-4-6-13-5-2-3-7-16(13)17/h3-4,7-13H,2,5-6H2,1H3. The van der Waals surface area contributed by atoms with Crippen molar-refractivity contribution in [3.63, 3.8) is 0 Å². The van der Waals surface area contributed by atoms with Crippen LogP contribution in [0.2, 0.25) is 0 Å². The summed E-state index contributed by atoms with van der Waals surface area (Å²) in [5.41, 5.74) is 3.73. The summed E-state index contributed by atoms with van der Waals surface area (Å²) in [7, 11) is -3.12. The summed E-state index contributed by atoms with van der Waals surface area (Å²) in [6.07, 6.45) is 13.6. The maximum absolute atomic E-state index is 11.5. The van der Waals surface area contributed by atoms with Crippen LogP contribution >= 0.6 is 0 Å². The van der Waals surface area contributed by atoms with Gasteiger partial charge in [-0.25, -0.2) is 8.42 Å². The Bertz CT molecular complexity index is 704. The van der Waals surface area contributed by atoms with Crippen LogP contribution in [0.5, 0.6) is 0 Å². The molecular weight excluding hydrogens is 268 g/mol. The Hall–Kier alpha value is -1.61. The zero-order valence-corrected chi connectivity index (χ0v) is 12.4. The maximum atomic E-state index is 11.5. The Kier molecular flexibility index (Phi) is 3.38. The second kappa shape index (κ2) is 5.06. The van der Waals surface area contributed by atoms with E-state index in [4.69, 9.17) is 0 Å². The second-order valence-electron chi connectivity index (χ2n) is 5.48. The first-order valence-electron chi connectivity index (χ1n) is 6.93. The Morgan fingerprint density at radius 1 is 1.05 bits per heavy atom. The van der Waals surface area contributed by atoms with Crippen LogP contribution in [0.1, 0.15) is 24.8 Å². The molecule has 1 atom stereocenters. The number of allylic oxidation sites excluding steroid dienone is 6. The predicted octanol–water partition coefficient (Wildman–Crippen LogP) is 3.77. The van der Waals surface area contributed by atoms with E-state index in [2.05, 4.69) is 24.3 Å². The van der Waals surface area contributed by atoms with Crippen molar-refractivity contribution in [3.8, 4) is 0 Å². The van der Waals surface area contributed by atoms with Gasteiger partial charge in [0.25, 0.3) is 0 Å². The largest absolute Gasteiger partial charge is 0.224 e. The average Bonchev–Trinajstić information content (AvgIpc) is 2.46. The zero-order chi connectivity index (χ0) is 14.2. The van der Waals surface area contributed by atoms with Gasteiger partial charge in [-0.1, -0.05) is 36.4 Å². The third-order valence-electron chi connectivity index (χ3n) is 4.03. The molecule has 0 fully saturated rings. The third kappa shape index (κ3) is 2.50. The summed E-state index contributed by atoms with van der Waals surface area (Å²) in [5.74, 6) is 0.620. The fraction of sp³-hybridized carbons (Fsp3) is 0.294. The Labute approximate surface area is 120 Å². The molecule has 2 nitrogen and oxygen atoms in total. The van der Waals surface area contributed by atoms with E-state index in [9.17, 15) is 8.42 Å². The van der Waals surface area contributed by atoms with E-state index >= 15 is 0 Å². The summed E-state index contributed by atoms with van der Waals surface area (Å²) < 4.78 is 23.0. The normalized spacial score (nSPS) is 21.9. The van der Waals surface area contributed by atoms with Crippen molar-refractivity contribution in [2.45, 2.75) is 24.2 Å². The summed E-state index contributed by atoms with van der Waals surface area (Å²) in [6.45, 7) is 0. The zero-order valence-electron chi connectivity index (χ0n) is 11.5. The van der Waals surface area contributed by atoms with Crippen LogP contribution < -0.4 is 0 Å². The van der Waals surface area contributed by atoms with Crippen LogP contribution in [0.3, 0.4) is 0 Å². The maximum Gasteiger partial charge on any atom is 0.175 e. The summed E-state index contributed by atoms with van der Waals surface area (Å²) in [6, 6.07) is 7.21. The molecule has 3 heteroatoms. The van der Waals surface area contributed by atoms with Crippen LogP contribution in [0.4, 0.5) is 0 Å². The minimum absolute atomic E-state index is 0.377. The van der Waals surface area contributed by atoms with E-state index in [1.807, 2.05) is 12.1 Å².